The number of alkyl halides is 3. The first-order chi connectivity index (χ1) is 30.3. The number of imidazole rings is 1. The van der Waals surface area contributed by atoms with E-state index in [0.717, 1.165) is 6.07 Å². The zero-order valence-electron chi connectivity index (χ0n) is 36.2. The molecule has 3 fully saturated rings. The number of carbonyl (C=O) groups is 4. The van der Waals surface area contributed by atoms with Crippen LogP contribution in [0.1, 0.15) is 76.1 Å². The number of pyridine rings is 1. The molecule has 15 nitrogen and oxygen atoms in total. The fourth-order valence-electron chi connectivity index (χ4n) is 8.72. The van der Waals surface area contributed by atoms with Gasteiger partial charge in [-0.25, -0.2) is 14.8 Å². The Morgan fingerprint density at radius 3 is 2.28 bits per heavy atom. The third-order valence-electron chi connectivity index (χ3n) is 11.9. The van der Waals surface area contributed by atoms with Crippen molar-refractivity contribution in [2.24, 2.45) is 17.3 Å². The van der Waals surface area contributed by atoms with Crippen LogP contribution in [0.15, 0.2) is 60.9 Å². The van der Waals surface area contributed by atoms with Crippen LogP contribution in [0.4, 0.5) is 29.5 Å². The lowest BCUT2D eigenvalue weighted by atomic mass is 9.90. The maximum absolute atomic E-state index is 13.9. The fourth-order valence-corrected chi connectivity index (χ4v) is 8.97. The van der Waals surface area contributed by atoms with Gasteiger partial charge in [0.2, 0.25) is 11.8 Å². The van der Waals surface area contributed by atoms with Crippen LogP contribution in [0.5, 0.6) is 5.75 Å². The zero-order valence-corrected chi connectivity index (χ0v) is 36.9. The summed E-state index contributed by atoms with van der Waals surface area (Å²) in [6.45, 7) is 12.6. The maximum atomic E-state index is 13.9. The second-order valence-corrected chi connectivity index (χ2v) is 18.2. The first-order valence-corrected chi connectivity index (χ1v) is 21.6. The Hall–Kier alpha value is -5.88. The van der Waals surface area contributed by atoms with E-state index in [4.69, 9.17) is 16.3 Å². The van der Waals surface area contributed by atoms with Gasteiger partial charge in [-0.15, -0.1) is 13.2 Å². The monoisotopic (exact) mass is 908 g/mol. The van der Waals surface area contributed by atoms with Gasteiger partial charge in [0.05, 0.1) is 40.4 Å². The van der Waals surface area contributed by atoms with Gasteiger partial charge in [0.15, 0.2) is 0 Å². The lowest BCUT2D eigenvalue weighted by Crippen LogP contribution is -2.56. The average Bonchev–Trinajstić information content (AvgIpc) is 3.90. The van der Waals surface area contributed by atoms with Gasteiger partial charge in [-0.2, -0.15) is 0 Å². The molecule has 5 heterocycles. The largest absolute Gasteiger partial charge is 0.573 e. The number of hydrogen-bond donors (Lipinski definition) is 4. The number of carboxylic acid groups (broad SMARTS) is 1. The Labute approximate surface area is 373 Å². The van der Waals surface area contributed by atoms with Crippen molar-refractivity contribution in [2.45, 2.75) is 78.4 Å². The molecule has 1 unspecified atom stereocenters. The minimum absolute atomic E-state index is 0.0108. The van der Waals surface area contributed by atoms with E-state index in [1.165, 1.54) is 12.3 Å². The molecule has 4 N–H and O–H groups in total. The molecule has 0 spiro atoms. The van der Waals surface area contributed by atoms with Gasteiger partial charge in [-0.3, -0.25) is 14.4 Å². The Morgan fingerprint density at radius 1 is 0.953 bits per heavy atom. The summed E-state index contributed by atoms with van der Waals surface area (Å²) in [5.41, 5.74) is 1.08. The van der Waals surface area contributed by atoms with E-state index >= 15 is 0 Å². The number of likely N-dealkylation sites (tertiary alicyclic amines) is 1. The molecule has 4 aromatic rings. The minimum atomic E-state index is -5.09. The SMILES string of the molecule is CC1CN(C(=O)C(C)(C)C)CCN1c1ccc(NC(=O)c2cc(OC(F)(F)F)c(-c3ccc(-c4cnc([C@@H]5C[C@H](C)CN5C(=O)[C@@H](NC(=O)O)C5CCOCC5)[nH]4)cc3)cc2Cl)cn1. The Kier molecular flexibility index (Phi) is 13.5. The number of aromatic nitrogens is 3. The summed E-state index contributed by atoms with van der Waals surface area (Å²) in [5.74, 6) is -0.577. The van der Waals surface area contributed by atoms with E-state index in [-0.39, 0.29) is 51.5 Å². The molecule has 0 aliphatic carbocycles. The van der Waals surface area contributed by atoms with E-state index in [1.807, 2.05) is 39.5 Å². The lowest BCUT2D eigenvalue weighted by molar-refractivity contribution is -0.274. The van der Waals surface area contributed by atoms with Crippen molar-refractivity contribution in [3.05, 3.63) is 77.3 Å². The van der Waals surface area contributed by atoms with Crippen LogP contribution in [-0.2, 0) is 14.3 Å². The van der Waals surface area contributed by atoms with Crippen molar-refractivity contribution in [2.75, 3.05) is 49.6 Å². The van der Waals surface area contributed by atoms with Crippen molar-refractivity contribution in [3.63, 3.8) is 0 Å². The molecule has 3 aliphatic rings. The predicted molar refractivity (Wildman–Crippen MR) is 233 cm³/mol. The number of amides is 4. The van der Waals surface area contributed by atoms with E-state index < -0.39 is 41.6 Å². The lowest BCUT2D eigenvalue weighted by Gasteiger charge is -2.42. The van der Waals surface area contributed by atoms with Crippen LogP contribution >= 0.6 is 11.6 Å². The van der Waals surface area contributed by atoms with Crippen LogP contribution in [0.2, 0.25) is 5.02 Å². The summed E-state index contributed by atoms with van der Waals surface area (Å²) in [6.07, 6.45) is -1.61. The summed E-state index contributed by atoms with van der Waals surface area (Å²) >= 11 is 6.59. The zero-order chi connectivity index (χ0) is 46.1. The highest BCUT2D eigenvalue weighted by Gasteiger charge is 2.42. The summed E-state index contributed by atoms with van der Waals surface area (Å²) in [6, 6.07) is 10.7. The third-order valence-corrected chi connectivity index (χ3v) is 12.2. The van der Waals surface area contributed by atoms with Crippen molar-refractivity contribution in [1.82, 2.24) is 30.1 Å². The number of rotatable bonds is 10. The molecule has 2 aromatic heterocycles. The number of ether oxygens (including phenoxy) is 2. The number of aromatic amines is 1. The standard InChI is InChI=1S/C45H52ClF3N8O7/c1-25-18-35(57(23-25)41(59)38(54-43(61)62)29-12-16-63-17-13-29)39-51-22-34(53-39)28-8-6-27(7-9-28)31-19-33(46)32(20-36(31)64-45(47,48)49)40(58)52-30-10-11-37(50-21-30)56-15-14-55(24-26(56)2)42(60)44(3,4)5/h6-11,19-22,25-26,29,35,38,54H,12-18,23-24H2,1-5H3,(H,51,53)(H,52,58)(H,61,62)/t25-,26?,35-,38-/m0/s1. The molecule has 0 radical (unpaired) electrons. The number of carbonyl (C=O) groups excluding carboxylic acids is 3. The first kappa shape index (κ1) is 46.1. The van der Waals surface area contributed by atoms with E-state index in [9.17, 15) is 37.5 Å². The summed E-state index contributed by atoms with van der Waals surface area (Å²) < 4.78 is 51.3. The van der Waals surface area contributed by atoms with Gasteiger partial charge in [-0.1, -0.05) is 63.6 Å². The van der Waals surface area contributed by atoms with E-state index in [1.54, 1.807) is 47.5 Å². The van der Waals surface area contributed by atoms with Crippen molar-refractivity contribution >= 4 is 46.9 Å². The number of halogens is 4. The Bertz CT molecular complexity index is 2350. The van der Waals surface area contributed by atoms with Crippen LogP contribution in [-0.4, -0.2) is 112 Å². The normalized spacial score (nSPS) is 20.2. The van der Waals surface area contributed by atoms with E-state index in [0.29, 0.717) is 87.1 Å². The molecular weight excluding hydrogens is 857 g/mol. The van der Waals surface area contributed by atoms with Gasteiger partial charge in [0, 0.05) is 56.4 Å². The number of piperazine rings is 1. The van der Waals surface area contributed by atoms with Gasteiger partial charge in [-0.05, 0) is 73.4 Å². The highest BCUT2D eigenvalue weighted by atomic mass is 35.5. The number of nitrogens with zero attached hydrogens (tertiary/aromatic N) is 5. The van der Waals surface area contributed by atoms with E-state index in [2.05, 4.69) is 35.2 Å². The van der Waals surface area contributed by atoms with Crippen LogP contribution < -0.4 is 20.3 Å². The van der Waals surface area contributed by atoms with Gasteiger partial charge >= 0.3 is 12.5 Å². The van der Waals surface area contributed by atoms with Crippen LogP contribution in [0, 0.1) is 17.3 Å². The summed E-state index contributed by atoms with van der Waals surface area (Å²) in [4.78, 5) is 70.0. The second kappa shape index (κ2) is 18.7. The van der Waals surface area contributed by atoms with Crippen molar-refractivity contribution in [1.29, 1.82) is 0 Å². The number of H-pyrrole nitrogens is 1. The summed E-state index contributed by atoms with van der Waals surface area (Å²) in [7, 11) is 0. The molecule has 3 aliphatic heterocycles. The maximum Gasteiger partial charge on any atom is 0.573 e. The molecule has 4 atom stereocenters. The molecule has 0 bridgehead atoms. The van der Waals surface area contributed by atoms with Gasteiger partial charge in [0.25, 0.3) is 5.91 Å². The van der Waals surface area contributed by atoms with Crippen LogP contribution in [0.3, 0.4) is 0 Å². The first-order valence-electron chi connectivity index (χ1n) is 21.2. The van der Waals surface area contributed by atoms with Gasteiger partial charge < -0.3 is 44.9 Å². The average molecular weight is 909 g/mol. The third kappa shape index (κ3) is 10.6. The second-order valence-electron chi connectivity index (χ2n) is 17.8. The molecule has 0 saturated carbocycles. The highest BCUT2D eigenvalue weighted by Crippen LogP contribution is 2.40. The molecule has 64 heavy (non-hydrogen) atoms. The summed E-state index contributed by atoms with van der Waals surface area (Å²) in [5, 5.41) is 14.6. The number of anilines is 2. The fraction of sp³-hybridized carbons (Fsp3) is 0.467. The Balaban J connectivity index is 1.05. The van der Waals surface area contributed by atoms with Crippen LogP contribution in [0.25, 0.3) is 22.4 Å². The number of nitrogens with one attached hydrogen (secondary N) is 3. The quantitative estimate of drug-likeness (QED) is 0.122. The topological polar surface area (TPSA) is 182 Å². The van der Waals surface area contributed by atoms with Crippen molar-refractivity contribution < 1.29 is 46.9 Å². The molecule has 2 aromatic carbocycles. The molecule has 19 heteroatoms. The molecule has 7 rings (SSSR count). The highest BCUT2D eigenvalue weighted by molar-refractivity contribution is 6.35. The number of hydrogen-bond acceptors (Lipinski definition) is 9. The molecule has 4 amide bonds. The molecular formula is C45H52ClF3N8O7. The number of benzene rings is 2. The van der Waals surface area contributed by atoms with Gasteiger partial charge in [0.1, 0.15) is 23.4 Å². The smallest absolute Gasteiger partial charge is 0.465 e. The minimum Gasteiger partial charge on any atom is -0.465 e. The molecule has 3 saturated heterocycles. The molecule has 342 valence electrons. The predicted octanol–water partition coefficient (Wildman–Crippen LogP) is 8.00. The van der Waals surface area contributed by atoms with Crippen molar-refractivity contribution in [3.8, 4) is 28.1 Å². The Morgan fingerprint density at radius 2 is 1.66 bits per heavy atom.